The Kier molecular flexibility index (Phi) is 4.50. The van der Waals surface area contributed by atoms with E-state index < -0.39 is 0 Å². The number of nitrogens with one attached hydrogen (secondary N) is 1. The first-order valence-electron chi connectivity index (χ1n) is 8.26. The third-order valence-corrected chi connectivity index (χ3v) is 4.84. The van der Waals surface area contributed by atoms with Gasteiger partial charge < -0.3 is 9.73 Å². The summed E-state index contributed by atoms with van der Waals surface area (Å²) in [6.07, 6.45) is 5.30. The number of carbonyl (C=O) groups excluding carboxylic acids is 3. The van der Waals surface area contributed by atoms with Crippen molar-refractivity contribution < 1.29 is 18.8 Å². The van der Waals surface area contributed by atoms with E-state index in [4.69, 9.17) is 4.42 Å². The Balaban J connectivity index is 1.52. The van der Waals surface area contributed by atoms with Crippen LogP contribution in [-0.2, 0) is 14.4 Å². The van der Waals surface area contributed by atoms with Crippen LogP contribution in [0, 0.1) is 11.8 Å². The predicted molar refractivity (Wildman–Crippen MR) is 82.1 cm³/mol. The monoisotopic (exact) mass is 318 g/mol. The number of hydrogen-bond acceptors (Lipinski definition) is 4. The molecule has 6 nitrogen and oxygen atoms in total. The lowest BCUT2D eigenvalue weighted by Crippen LogP contribution is -2.36. The molecule has 1 aromatic heterocycles. The van der Waals surface area contributed by atoms with Crippen LogP contribution < -0.4 is 5.32 Å². The van der Waals surface area contributed by atoms with E-state index in [-0.39, 0.29) is 48.6 Å². The van der Waals surface area contributed by atoms with Crippen molar-refractivity contribution in [3.05, 3.63) is 24.2 Å². The zero-order chi connectivity index (χ0) is 16.4. The van der Waals surface area contributed by atoms with E-state index in [9.17, 15) is 14.4 Å². The Morgan fingerprint density at radius 1 is 1.30 bits per heavy atom. The molecule has 6 heteroatoms. The molecule has 0 aromatic carbocycles. The standard InChI is InChI=1S/C17H22N2O4/c1-11(14-7-4-10-23-14)18-15(20)8-9-19-16(21)12-5-2-3-6-13(12)17(19)22/h4,7,10-13H,2-3,5-6,8-9H2,1H3,(H,18,20)/t11-,12-,13-/m0/s1. The Morgan fingerprint density at radius 3 is 2.52 bits per heavy atom. The van der Waals surface area contributed by atoms with Crippen molar-refractivity contribution in [1.29, 1.82) is 0 Å². The summed E-state index contributed by atoms with van der Waals surface area (Å²) in [5.74, 6) is 0.00272. The van der Waals surface area contributed by atoms with Gasteiger partial charge in [-0.15, -0.1) is 0 Å². The van der Waals surface area contributed by atoms with E-state index in [2.05, 4.69) is 5.32 Å². The molecule has 2 fully saturated rings. The van der Waals surface area contributed by atoms with E-state index >= 15 is 0 Å². The fourth-order valence-corrected chi connectivity index (χ4v) is 3.59. The molecule has 2 aliphatic rings. The fourth-order valence-electron chi connectivity index (χ4n) is 3.59. The Morgan fingerprint density at radius 2 is 1.96 bits per heavy atom. The molecule has 1 aliphatic heterocycles. The number of carbonyl (C=O) groups is 3. The van der Waals surface area contributed by atoms with Crippen molar-refractivity contribution in [2.24, 2.45) is 11.8 Å². The quantitative estimate of drug-likeness (QED) is 0.842. The third-order valence-electron chi connectivity index (χ3n) is 4.84. The molecular weight excluding hydrogens is 296 g/mol. The van der Waals surface area contributed by atoms with Gasteiger partial charge in [-0.25, -0.2) is 0 Å². The molecule has 1 aliphatic carbocycles. The SMILES string of the molecule is C[C@H](NC(=O)CCN1C(=O)[C@H]2CCCC[C@@H]2C1=O)c1ccco1. The van der Waals surface area contributed by atoms with Crippen molar-refractivity contribution in [3.63, 3.8) is 0 Å². The molecule has 0 spiro atoms. The van der Waals surface area contributed by atoms with Gasteiger partial charge in [0.1, 0.15) is 5.76 Å². The van der Waals surface area contributed by atoms with Gasteiger partial charge >= 0.3 is 0 Å². The summed E-state index contributed by atoms with van der Waals surface area (Å²) in [6.45, 7) is 2.00. The molecule has 3 amide bonds. The lowest BCUT2D eigenvalue weighted by molar-refractivity contribution is -0.140. The number of fused-ring (bicyclic) bond motifs is 1. The summed E-state index contributed by atoms with van der Waals surface area (Å²) in [7, 11) is 0. The van der Waals surface area contributed by atoms with Crippen molar-refractivity contribution in [2.75, 3.05) is 6.54 Å². The smallest absolute Gasteiger partial charge is 0.233 e. The zero-order valence-electron chi connectivity index (χ0n) is 13.3. The van der Waals surface area contributed by atoms with Gasteiger partial charge in [0.15, 0.2) is 0 Å². The highest BCUT2D eigenvalue weighted by atomic mass is 16.3. The third kappa shape index (κ3) is 3.16. The number of imide groups is 1. The Labute approximate surface area is 135 Å². The topological polar surface area (TPSA) is 79.6 Å². The summed E-state index contributed by atoms with van der Waals surface area (Å²) in [5.41, 5.74) is 0. The van der Waals surface area contributed by atoms with Crippen LogP contribution >= 0.6 is 0 Å². The van der Waals surface area contributed by atoms with Crippen LogP contribution in [0.4, 0.5) is 0 Å². The van der Waals surface area contributed by atoms with Crippen LogP contribution in [0.15, 0.2) is 22.8 Å². The first-order chi connectivity index (χ1) is 11.1. The van der Waals surface area contributed by atoms with Gasteiger partial charge in [-0.05, 0) is 31.9 Å². The number of nitrogens with zero attached hydrogens (tertiary/aromatic N) is 1. The highest BCUT2D eigenvalue weighted by molar-refractivity contribution is 6.05. The minimum absolute atomic E-state index is 0.0911. The average molecular weight is 318 g/mol. The van der Waals surface area contributed by atoms with Crippen molar-refractivity contribution in [2.45, 2.75) is 45.1 Å². The number of furan rings is 1. The van der Waals surface area contributed by atoms with Gasteiger partial charge in [0.2, 0.25) is 17.7 Å². The number of amides is 3. The first-order valence-corrected chi connectivity index (χ1v) is 8.26. The van der Waals surface area contributed by atoms with Gasteiger partial charge in [0.25, 0.3) is 0 Å². The average Bonchev–Trinajstić information content (AvgIpc) is 3.15. The summed E-state index contributed by atoms with van der Waals surface area (Å²) in [6, 6.07) is 3.33. The Hall–Kier alpha value is -2.11. The molecular formula is C17H22N2O4. The molecule has 1 saturated carbocycles. The van der Waals surface area contributed by atoms with Gasteiger partial charge in [-0.3, -0.25) is 19.3 Å². The second-order valence-electron chi connectivity index (χ2n) is 6.38. The fraction of sp³-hybridized carbons (Fsp3) is 0.588. The van der Waals surface area contributed by atoms with Gasteiger partial charge in [-0.2, -0.15) is 0 Å². The molecule has 0 bridgehead atoms. The second kappa shape index (κ2) is 6.56. The van der Waals surface area contributed by atoms with E-state index in [0.29, 0.717) is 5.76 Å². The van der Waals surface area contributed by atoms with Gasteiger partial charge in [-0.1, -0.05) is 12.8 Å². The zero-order valence-corrected chi connectivity index (χ0v) is 13.3. The minimum Gasteiger partial charge on any atom is -0.467 e. The summed E-state index contributed by atoms with van der Waals surface area (Å²) < 4.78 is 5.24. The van der Waals surface area contributed by atoms with Crippen LogP contribution in [0.3, 0.4) is 0 Å². The second-order valence-corrected chi connectivity index (χ2v) is 6.38. The van der Waals surface area contributed by atoms with Crippen LogP contribution in [-0.4, -0.2) is 29.2 Å². The molecule has 1 saturated heterocycles. The van der Waals surface area contributed by atoms with Crippen molar-refractivity contribution in [3.8, 4) is 0 Å². The van der Waals surface area contributed by atoms with E-state index in [1.54, 1.807) is 18.4 Å². The van der Waals surface area contributed by atoms with Gasteiger partial charge in [0, 0.05) is 13.0 Å². The van der Waals surface area contributed by atoms with Crippen LogP contribution in [0.5, 0.6) is 0 Å². The molecule has 1 N–H and O–H groups in total. The molecule has 3 rings (SSSR count). The van der Waals surface area contributed by atoms with E-state index in [0.717, 1.165) is 25.7 Å². The summed E-state index contributed by atoms with van der Waals surface area (Å²) >= 11 is 0. The van der Waals surface area contributed by atoms with E-state index in [1.807, 2.05) is 6.92 Å². The van der Waals surface area contributed by atoms with Crippen LogP contribution in [0.2, 0.25) is 0 Å². The largest absolute Gasteiger partial charge is 0.467 e. The predicted octanol–water partition coefficient (Wildman–Crippen LogP) is 2.02. The lowest BCUT2D eigenvalue weighted by atomic mass is 9.81. The molecule has 23 heavy (non-hydrogen) atoms. The number of likely N-dealkylation sites (tertiary alicyclic amines) is 1. The molecule has 3 atom stereocenters. The van der Waals surface area contributed by atoms with Crippen molar-refractivity contribution >= 4 is 17.7 Å². The molecule has 2 heterocycles. The van der Waals surface area contributed by atoms with Crippen molar-refractivity contribution in [1.82, 2.24) is 10.2 Å². The molecule has 1 aromatic rings. The van der Waals surface area contributed by atoms with Crippen LogP contribution in [0.1, 0.15) is 50.8 Å². The number of rotatable bonds is 5. The maximum Gasteiger partial charge on any atom is 0.233 e. The highest BCUT2D eigenvalue weighted by Gasteiger charge is 2.47. The van der Waals surface area contributed by atoms with Gasteiger partial charge in [0.05, 0.1) is 24.1 Å². The molecule has 124 valence electrons. The molecule has 0 unspecified atom stereocenters. The lowest BCUT2D eigenvalue weighted by Gasteiger charge is -2.19. The number of hydrogen-bond donors (Lipinski definition) is 1. The molecule has 0 radical (unpaired) electrons. The summed E-state index contributed by atoms with van der Waals surface area (Å²) in [5, 5.41) is 2.82. The highest BCUT2D eigenvalue weighted by Crippen LogP contribution is 2.37. The van der Waals surface area contributed by atoms with Crippen LogP contribution in [0.25, 0.3) is 0 Å². The van der Waals surface area contributed by atoms with E-state index in [1.165, 1.54) is 4.90 Å². The Bertz CT molecular complexity index is 572. The first kappa shape index (κ1) is 15.8. The maximum absolute atomic E-state index is 12.3. The maximum atomic E-state index is 12.3. The minimum atomic E-state index is -0.231. The summed E-state index contributed by atoms with van der Waals surface area (Å²) in [4.78, 5) is 38.0. The normalized spacial score (nSPS) is 25.3.